The molecular formula is C22H21N5O2. The number of para-hydroxylation sites is 1. The standard InChI is InChI=1S/C22H21N5O2/c1-2-26-14-16(13-24-26)20(28)27-11-9-22(19(27)15-6-5-10-23-12-15)17-7-3-4-8-18(17)25-21(22)29/h3-8,10,12-14,19H,2,9,11H2,1H3,(H,25,29). The van der Waals surface area contributed by atoms with E-state index in [4.69, 9.17) is 0 Å². The van der Waals surface area contributed by atoms with Crippen molar-refractivity contribution in [2.24, 2.45) is 0 Å². The molecule has 1 N–H and O–H groups in total. The smallest absolute Gasteiger partial charge is 0.257 e. The molecule has 7 heteroatoms. The van der Waals surface area contributed by atoms with Crippen molar-refractivity contribution >= 4 is 17.5 Å². The number of pyridine rings is 1. The lowest BCUT2D eigenvalue weighted by Crippen LogP contribution is -2.42. The second kappa shape index (κ2) is 6.55. The van der Waals surface area contributed by atoms with Crippen molar-refractivity contribution in [3.05, 3.63) is 77.9 Å². The van der Waals surface area contributed by atoms with Gasteiger partial charge in [0.25, 0.3) is 5.91 Å². The van der Waals surface area contributed by atoms with Gasteiger partial charge in [-0.25, -0.2) is 0 Å². The van der Waals surface area contributed by atoms with Crippen LogP contribution in [0.3, 0.4) is 0 Å². The van der Waals surface area contributed by atoms with E-state index in [0.717, 1.165) is 16.8 Å². The van der Waals surface area contributed by atoms with Gasteiger partial charge in [-0.3, -0.25) is 19.3 Å². The van der Waals surface area contributed by atoms with Crippen LogP contribution in [0.4, 0.5) is 5.69 Å². The molecule has 2 unspecified atom stereocenters. The predicted octanol–water partition coefficient (Wildman–Crippen LogP) is 2.78. The number of carbonyl (C=O) groups is 2. The summed E-state index contributed by atoms with van der Waals surface area (Å²) in [6.07, 6.45) is 7.37. The number of fused-ring (bicyclic) bond motifs is 2. The molecule has 3 aromatic rings. The van der Waals surface area contributed by atoms with Gasteiger partial charge in [-0.15, -0.1) is 0 Å². The van der Waals surface area contributed by atoms with Crippen LogP contribution in [-0.4, -0.2) is 38.0 Å². The van der Waals surface area contributed by atoms with Gasteiger partial charge in [0.2, 0.25) is 5.91 Å². The fraction of sp³-hybridized carbons (Fsp3) is 0.273. The third-order valence-corrected chi connectivity index (χ3v) is 6.05. The molecule has 0 bridgehead atoms. The van der Waals surface area contributed by atoms with Gasteiger partial charge >= 0.3 is 0 Å². The van der Waals surface area contributed by atoms with E-state index < -0.39 is 11.5 Å². The topological polar surface area (TPSA) is 80.1 Å². The Balaban J connectivity index is 1.64. The second-order valence-corrected chi connectivity index (χ2v) is 7.49. The van der Waals surface area contributed by atoms with E-state index in [1.165, 1.54) is 0 Å². The third kappa shape index (κ3) is 2.50. The number of anilines is 1. The van der Waals surface area contributed by atoms with Crippen LogP contribution in [0.2, 0.25) is 0 Å². The van der Waals surface area contributed by atoms with Crippen molar-refractivity contribution in [1.82, 2.24) is 19.7 Å². The molecule has 0 aliphatic carbocycles. The minimum Gasteiger partial charge on any atom is -0.330 e. The Labute approximate surface area is 168 Å². The van der Waals surface area contributed by atoms with Gasteiger partial charge in [-0.05, 0) is 36.6 Å². The Bertz CT molecular complexity index is 1090. The van der Waals surface area contributed by atoms with E-state index in [2.05, 4.69) is 15.4 Å². The maximum Gasteiger partial charge on any atom is 0.257 e. The highest BCUT2D eigenvalue weighted by Crippen LogP contribution is 2.54. The summed E-state index contributed by atoms with van der Waals surface area (Å²) in [6.45, 7) is 3.15. The number of hydrogen-bond donors (Lipinski definition) is 1. The lowest BCUT2D eigenvalue weighted by atomic mass is 9.73. The maximum atomic E-state index is 13.4. The molecule has 0 saturated carbocycles. The Morgan fingerprint density at radius 3 is 2.86 bits per heavy atom. The number of carbonyl (C=O) groups excluding carboxylic acids is 2. The van der Waals surface area contributed by atoms with Gasteiger partial charge < -0.3 is 10.2 Å². The van der Waals surface area contributed by atoms with E-state index in [1.54, 1.807) is 34.4 Å². The molecule has 146 valence electrons. The number of benzene rings is 1. The van der Waals surface area contributed by atoms with Gasteiger partial charge in [-0.1, -0.05) is 24.3 Å². The minimum absolute atomic E-state index is 0.0629. The summed E-state index contributed by atoms with van der Waals surface area (Å²) in [7, 11) is 0. The number of likely N-dealkylation sites (tertiary alicyclic amines) is 1. The highest BCUT2D eigenvalue weighted by atomic mass is 16.2. The van der Waals surface area contributed by atoms with Crippen LogP contribution in [0.15, 0.2) is 61.2 Å². The number of aromatic nitrogens is 3. The van der Waals surface area contributed by atoms with E-state index in [0.29, 0.717) is 25.1 Å². The molecule has 5 rings (SSSR count). The lowest BCUT2D eigenvalue weighted by Gasteiger charge is -2.34. The first-order valence-corrected chi connectivity index (χ1v) is 9.79. The first-order chi connectivity index (χ1) is 14.1. The van der Waals surface area contributed by atoms with E-state index in [-0.39, 0.29) is 11.8 Å². The van der Waals surface area contributed by atoms with Crippen LogP contribution in [0, 0.1) is 0 Å². The van der Waals surface area contributed by atoms with Crippen LogP contribution < -0.4 is 5.32 Å². The van der Waals surface area contributed by atoms with E-state index in [9.17, 15) is 9.59 Å². The average molecular weight is 387 g/mol. The van der Waals surface area contributed by atoms with E-state index >= 15 is 0 Å². The van der Waals surface area contributed by atoms with Crippen molar-refractivity contribution in [3.8, 4) is 0 Å². The lowest BCUT2D eigenvalue weighted by molar-refractivity contribution is -0.121. The number of hydrogen-bond acceptors (Lipinski definition) is 4. The van der Waals surface area contributed by atoms with Crippen LogP contribution >= 0.6 is 0 Å². The highest BCUT2D eigenvalue weighted by molar-refractivity contribution is 6.08. The monoisotopic (exact) mass is 387 g/mol. The molecule has 2 aliphatic rings. The third-order valence-electron chi connectivity index (χ3n) is 6.05. The zero-order valence-electron chi connectivity index (χ0n) is 16.1. The highest BCUT2D eigenvalue weighted by Gasteiger charge is 2.59. The zero-order valence-corrected chi connectivity index (χ0v) is 16.1. The summed E-state index contributed by atoms with van der Waals surface area (Å²) in [5, 5.41) is 7.27. The molecule has 1 spiro atoms. The predicted molar refractivity (Wildman–Crippen MR) is 107 cm³/mol. The molecule has 1 fully saturated rings. The number of nitrogens with one attached hydrogen (secondary N) is 1. The minimum atomic E-state index is -0.823. The van der Waals surface area contributed by atoms with Crippen LogP contribution in [0.25, 0.3) is 0 Å². The summed E-state index contributed by atoms with van der Waals surface area (Å²) < 4.78 is 1.73. The van der Waals surface area contributed by atoms with Gasteiger partial charge in [0.1, 0.15) is 5.41 Å². The van der Waals surface area contributed by atoms with Gasteiger partial charge in [0, 0.05) is 37.4 Å². The molecule has 2 amide bonds. The largest absolute Gasteiger partial charge is 0.330 e. The molecule has 2 aliphatic heterocycles. The van der Waals surface area contributed by atoms with Gasteiger partial charge in [0.05, 0.1) is 17.8 Å². The number of amides is 2. The second-order valence-electron chi connectivity index (χ2n) is 7.49. The molecule has 1 saturated heterocycles. The van der Waals surface area contributed by atoms with Crippen molar-refractivity contribution < 1.29 is 9.59 Å². The Hall–Kier alpha value is -3.48. The van der Waals surface area contributed by atoms with Crippen molar-refractivity contribution in [2.75, 3.05) is 11.9 Å². The van der Waals surface area contributed by atoms with Crippen molar-refractivity contribution in [3.63, 3.8) is 0 Å². The normalized spacial score (nSPS) is 22.7. The summed E-state index contributed by atoms with van der Waals surface area (Å²) >= 11 is 0. The van der Waals surface area contributed by atoms with Crippen molar-refractivity contribution in [2.45, 2.75) is 31.3 Å². The first-order valence-electron chi connectivity index (χ1n) is 9.79. The fourth-order valence-corrected chi connectivity index (χ4v) is 4.72. The zero-order chi connectivity index (χ0) is 20.0. The SMILES string of the molecule is CCn1cc(C(=O)N2CCC3(C(=O)Nc4ccccc43)C2c2cccnc2)cn1. The van der Waals surface area contributed by atoms with Crippen LogP contribution in [-0.2, 0) is 16.8 Å². The molecule has 4 heterocycles. The Morgan fingerprint density at radius 2 is 2.10 bits per heavy atom. The molecule has 2 atom stereocenters. The van der Waals surface area contributed by atoms with E-state index in [1.807, 2.05) is 43.3 Å². The summed E-state index contributed by atoms with van der Waals surface area (Å²) in [5.41, 5.74) is 2.33. The number of rotatable bonds is 3. The van der Waals surface area contributed by atoms with Crippen molar-refractivity contribution in [1.29, 1.82) is 0 Å². The van der Waals surface area contributed by atoms with Crippen LogP contribution in [0.5, 0.6) is 0 Å². The summed E-state index contributed by atoms with van der Waals surface area (Å²) in [4.78, 5) is 32.8. The quantitative estimate of drug-likeness (QED) is 0.749. The van der Waals surface area contributed by atoms with Gasteiger partial charge in [0.15, 0.2) is 0 Å². The first kappa shape index (κ1) is 17.6. The molecule has 1 aromatic carbocycles. The molecule has 29 heavy (non-hydrogen) atoms. The molecule has 7 nitrogen and oxygen atoms in total. The summed E-state index contributed by atoms with van der Waals surface area (Å²) in [5.74, 6) is -0.181. The number of nitrogens with zero attached hydrogens (tertiary/aromatic N) is 4. The molecular weight excluding hydrogens is 366 g/mol. The Morgan fingerprint density at radius 1 is 1.24 bits per heavy atom. The molecule has 0 radical (unpaired) electrons. The molecule has 2 aromatic heterocycles. The average Bonchev–Trinajstić information content (AvgIpc) is 3.46. The van der Waals surface area contributed by atoms with Gasteiger partial charge in [-0.2, -0.15) is 5.10 Å². The van der Waals surface area contributed by atoms with Crippen LogP contribution in [0.1, 0.15) is 40.9 Å². The summed E-state index contributed by atoms with van der Waals surface area (Å²) in [6, 6.07) is 11.1. The fourth-order valence-electron chi connectivity index (χ4n) is 4.72. The maximum absolute atomic E-state index is 13.4. The number of aryl methyl sites for hydroxylation is 1. The Kier molecular flexibility index (Phi) is 3.97.